The molecule has 7 nitrogen and oxygen atoms in total. The van der Waals surface area contributed by atoms with E-state index in [0.29, 0.717) is 17.5 Å². The Morgan fingerprint density at radius 2 is 1.97 bits per heavy atom. The van der Waals surface area contributed by atoms with Gasteiger partial charge in [0.25, 0.3) is 5.91 Å². The number of amides is 1. The highest BCUT2D eigenvalue weighted by molar-refractivity contribution is 5.98. The van der Waals surface area contributed by atoms with Gasteiger partial charge in [-0.1, -0.05) is 24.3 Å². The van der Waals surface area contributed by atoms with E-state index in [1.807, 2.05) is 12.1 Å². The number of nitrogens with two attached hydrogens (primary N) is 1. The Hall–Kier alpha value is -3.92. The monoisotopic (exact) mass is 496 g/mol. The van der Waals surface area contributed by atoms with Gasteiger partial charge in [-0.15, -0.1) is 0 Å². The molecule has 0 spiro atoms. The number of nitrogens with one attached hydrogen (secondary N) is 1. The predicted octanol–water partition coefficient (Wildman–Crippen LogP) is 4.84. The Kier molecular flexibility index (Phi) is 6.13. The first-order chi connectivity index (χ1) is 17.3. The van der Waals surface area contributed by atoms with E-state index in [1.54, 1.807) is 6.07 Å². The summed E-state index contributed by atoms with van der Waals surface area (Å²) in [6, 6.07) is 13.4. The Balaban J connectivity index is 1.45. The van der Waals surface area contributed by atoms with Gasteiger partial charge in [0, 0.05) is 23.4 Å². The minimum atomic E-state index is -4.62. The maximum atomic E-state index is 13.2. The van der Waals surface area contributed by atoms with E-state index in [9.17, 15) is 18.0 Å². The molecule has 3 N–H and O–H groups in total. The predicted molar refractivity (Wildman–Crippen MR) is 127 cm³/mol. The molecular weight excluding hydrogens is 473 g/mol. The molecule has 0 bridgehead atoms. The van der Waals surface area contributed by atoms with Gasteiger partial charge in [0.05, 0.1) is 13.7 Å². The average Bonchev–Trinajstić information content (AvgIpc) is 3.50. The van der Waals surface area contributed by atoms with Gasteiger partial charge in [0.1, 0.15) is 17.0 Å². The van der Waals surface area contributed by atoms with Gasteiger partial charge in [0.15, 0.2) is 11.5 Å². The Morgan fingerprint density at radius 3 is 2.72 bits per heavy atom. The van der Waals surface area contributed by atoms with Gasteiger partial charge in [-0.05, 0) is 48.2 Å². The highest BCUT2D eigenvalue weighted by Gasteiger charge is 2.33. The fourth-order valence-corrected chi connectivity index (χ4v) is 4.64. The third-order valence-electron chi connectivity index (χ3n) is 6.42. The molecule has 4 aromatic rings. The molecule has 2 aromatic heterocycles. The standard InChI is InChI=1S/C26H23F3N4O3/c1-35-19-10-8-18(17-9-11-21(26(27,28)29)32-22(17)19)25-33-23(20(12-30)36-25)24(34)31-13-15-7-6-14-4-2-3-5-16(14)15/h2-5,8-11,15H,6-7,12-13,30H2,1H3,(H,31,34)/t15-/m0/s1. The van der Waals surface area contributed by atoms with Crippen molar-refractivity contribution in [1.82, 2.24) is 15.3 Å². The second-order valence-electron chi connectivity index (χ2n) is 8.55. The van der Waals surface area contributed by atoms with E-state index in [-0.39, 0.29) is 41.1 Å². The summed E-state index contributed by atoms with van der Waals surface area (Å²) in [4.78, 5) is 21.1. The van der Waals surface area contributed by atoms with Crippen molar-refractivity contribution in [3.8, 4) is 17.2 Å². The van der Waals surface area contributed by atoms with Crippen LogP contribution in [0.15, 0.2) is 52.9 Å². The number of rotatable bonds is 6. The molecule has 0 unspecified atom stereocenters. The minimum absolute atomic E-state index is 0.00298. The first-order valence-electron chi connectivity index (χ1n) is 11.4. The first kappa shape index (κ1) is 23.8. The molecular formula is C26H23F3N4O3. The van der Waals surface area contributed by atoms with Crippen molar-refractivity contribution in [3.63, 3.8) is 0 Å². The summed E-state index contributed by atoms with van der Waals surface area (Å²) >= 11 is 0. The number of alkyl halides is 3. The number of halogens is 3. The van der Waals surface area contributed by atoms with Crippen molar-refractivity contribution in [2.24, 2.45) is 5.73 Å². The fraction of sp³-hybridized carbons (Fsp3) is 0.269. The van der Waals surface area contributed by atoms with Crippen LogP contribution in [-0.2, 0) is 19.1 Å². The van der Waals surface area contributed by atoms with Gasteiger partial charge in [0.2, 0.25) is 5.89 Å². The number of benzene rings is 2. The molecule has 2 aromatic carbocycles. The van der Waals surface area contributed by atoms with E-state index in [1.165, 1.54) is 30.4 Å². The number of carbonyl (C=O) groups is 1. The molecule has 0 radical (unpaired) electrons. The molecule has 1 aliphatic carbocycles. The smallest absolute Gasteiger partial charge is 0.433 e. The largest absolute Gasteiger partial charge is 0.494 e. The van der Waals surface area contributed by atoms with Gasteiger partial charge in [-0.2, -0.15) is 13.2 Å². The number of hydrogen-bond donors (Lipinski definition) is 2. The third-order valence-corrected chi connectivity index (χ3v) is 6.42. The molecule has 5 rings (SSSR count). The summed E-state index contributed by atoms with van der Waals surface area (Å²) in [5.41, 5.74) is 7.70. The number of ether oxygens (including phenoxy) is 1. The van der Waals surface area contributed by atoms with Crippen LogP contribution < -0.4 is 15.8 Å². The van der Waals surface area contributed by atoms with E-state index in [0.717, 1.165) is 18.9 Å². The number of aryl methyl sites for hydroxylation is 1. The van der Waals surface area contributed by atoms with E-state index in [2.05, 4.69) is 27.4 Å². The van der Waals surface area contributed by atoms with Crippen molar-refractivity contribution in [2.45, 2.75) is 31.5 Å². The summed E-state index contributed by atoms with van der Waals surface area (Å²) < 4.78 is 50.7. The molecule has 1 aliphatic rings. The second kappa shape index (κ2) is 9.27. The second-order valence-corrected chi connectivity index (χ2v) is 8.55. The summed E-state index contributed by atoms with van der Waals surface area (Å²) in [5, 5.41) is 3.26. The van der Waals surface area contributed by atoms with Crippen LogP contribution in [0.5, 0.6) is 5.75 Å². The minimum Gasteiger partial charge on any atom is -0.494 e. The highest BCUT2D eigenvalue weighted by Crippen LogP contribution is 2.37. The molecule has 1 amide bonds. The zero-order valence-corrected chi connectivity index (χ0v) is 19.4. The third kappa shape index (κ3) is 4.28. The average molecular weight is 496 g/mol. The Labute approximate surface area is 204 Å². The number of aromatic nitrogens is 2. The van der Waals surface area contributed by atoms with E-state index in [4.69, 9.17) is 14.9 Å². The van der Waals surface area contributed by atoms with E-state index >= 15 is 0 Å². The van der Waals surface area contributed by atoms with Crippen molar-refractivity contribution in [2.75, 3.05) is 13.7 Å². The van der Waals surface area contributed by atoms with E-state index < -0.39 is 17.8 Å². The van der Waals surface area contributed by atoms with Crippen molar-refractivity contribution < 1.29 is 27.1 Å². The van der Waals surface area contributed by atoms with Crippen LogP contribution in [0, 0.1) is 0 Å². The van der Waals surface area contributed by atoms with Crippen LogP contribution in [0.4, 0.5) is 13.2 Å². The number of oxazole rings is 1. The topological polar surface area (TPSA) is 103 Å². The molecule has 0 saturated carbocycles. The van der Waals surface area contributed by atoms with Crippen LogP contribution in [0.25, 0.3) is 22.4 Å². The number of fused-ring (bicyclic) bond motifs is 2. The molecule has 10 heteroatoms. The van der Waals surface area contributed by atoms with Crippen LogP contribution in [0.2, 0.25) is 0 Å². The molecule has 186 valence electrons. The van der Waals surface area contributed by atoms with Gasteiger partial charge in [-0.3, -0.25) is 4.79 Å². The molecule has 0 saturated heterocycles. The first-order valence-corrected chi connectivity index (χ1v) is 11.4. The molecule has 2 heterocycles. The Bertz CT molecular complexity index is 1450. The maximum absolute atomic E-state index is 13.2. The van der Waals surface area contributed by atoms with Gasteiger partial charge < -0.3 is 20.2 Å². The summed E-state index contributed by atoms with van der Waals surface area (Å²) in [6.07, 6.45) is -2.71. The maximum Gasteiger partial charge on any atom is 0.433 e. The molecule has 0 aliphatic heterocycles. The zero-order chi connectivity index (χ0) is 25.4. The quantitative estimate of drug-likeness (QED) is 0.396. The van der Waals surface area contributed by atoms with Gasteiger partial charge >= 0.3 is 6.18 Å². The normalized spacial score (nSPS) is 15.2. The molecule has 36 heavy (non-hydrogen) atoms. The lowest BCUT2D eigenvalue weighted by atomic mass is 10.0. The fourth-order valence-electron chi connectivity index (χ4n) is 4.64. The number of hydrogen-bond acceptors (Lipinski definition) is 6. The lowest BCUT2D eigenvalue weighted by molar-refractivity contribution is -0.140. The SMILES string of the molecule is COc1ccc(-c2nc(C(=O)NC[C@@H]3CCc4ccccc43)c(CN)o2)c2ccc(C(F)(F)F)nc12. The van der Waals surface area contributed by atoms with Crippen LogP contribution in [-0.4, -0.2) is 29.5 Å². The molecule has 1 atom stereocenters. The number of methoxy groups -OCH3 is 1. The highest BCUT2D eigenvalue weighted by atomic mass is 19.4. The lowest BCUT2D eigenvalue weighted by Gasteiger charge is -2.12. The van der Waals surface area contributed by atoms with Gasteiger partial charge in [-0.25, -0.2) is 9.97 Å². The summed E-state index contributed by atoms with van der Waals surface area (Å²) in [7, 11) is 1.35. The lowest BCUT2D eigenvalue weighted by Crippen LogP contribution is -2.29. The zero-order valence-electron chi connectivity index (χ0n) is 19.4. The van der Waals surface area contributed by atoms with Crippen molar-refractivity contribution in [1.29, 1.82) is 0 Å². The summed E-state index contributed by atoms with van der Waals surface area (Å²) in [5.74, 6) is 0.182. The Morgan fingerprint density at radius 1 is 1.17 bits per heavy atom. The van der Waals surface area contributed by atoms with Crippen molar-refractivity contribution >= 4 is 16.8 Å². The summed E-state index contributed by atoms with van der Waals surface area (Å²) in [6.45, 7) is 0.365. The number of carbonyl (C=O) groups excluding carboxylic acids is 1. The van der Waals surface area contributed by atoms with Crippen LogP contribution in [0.3, 0.4) is 0 Å². The molecule has 0 fully saturated rings. The number of nitrogens with zero attached hydrogens (tertiary/aromatic N) is 2. The number of pyridine rings is 1. The van der Waals surface area contributed by atoms with Crippen LogP contribution in [0.1, 0.15) is 45.4 Å². The van der Waals surface area contributed by atoms with Crippen molar-refractivity contribution in [3.05, 3.63) is 76.8 Å². The van der Waals surface area contributed by atoms with Crippen LogP contribution >= 0.6 is 0 Å².